The van der Waals surface area contributed by atoms with Gasteiger partial charge in [0, 0.05) is 11.9 Å². The molecule has 1 aromatic heterocycles. The van der Waals surface area contributed by atoms with Gasteiger partial charge in [0.2, 0.25) is 10.0 Å². The second-order valence-corrected chi connectivity index (χ2v) is 8.11. The van der Waals surface area contributed by atoms with Crippen molar-refractivity contribution in [1.82, 2.24) is 4.72 Å². The molecule has 0 radical (unpaired) electrons. The molecule has 0 fully saturated rings. The molecule has 0 bridgehead atoms. The Labute approximate surface area is 120 Å². The van der Waals surface area contributed by atoms with Gasteiger partial charge in [0.25, 0.3) is 0 Å². The molecule has 0 atom stereocenters. The van der Waals surface area contributed by atoms with Gasteiger partial charge in [-0.05, 0) is 31.4 Å². The summed E-state index contributed by atoms with van der Waals surface area (Å²) in [7, 11) is -3.38. The van der Waals surface area contributed by atoms with Crippen LogP contribution in [0.25, 0.3) is 0 Å². The van der Waals surface area contributed by atoms with Crippen LogP contribution in [0.1, 0.15) is 24.8 Å². The molecule has 0 aliphatic heterocycles. The highest BCUT2D eigenvalue weighted by Crippen LogP contribution is 2.29. The average molecular weight is 361 g/mol. The SMILES string of the molecule is Cc1cc(S(=O)(=O)NCCCCCBr)sc1Cl. The van der Waals surface area contributed by atoms with Gasteiger partial charge in [0.05, 0.1) is 4.34 Å². The predicted octanol–water partition coefficient (Wildman–Crippen LogP) is 3.55. The quantitative estimate of drug-likeness (QED) is 0.597. The van der Waals surface area contributed by atoms with Gasteiger partial charge in [-0.25, -0.2) is 13.1 Å². The summed E-state index contributed by atoms with van der Waals surface area (Å²) in [4.78, 5) is 0. The maximum atomic E-state index is 11.9. The zero-order valence-corrected chi connectivity index (χ0v) is 13.5. The summed E-state index contributed by atoms with van der Waals surface area (Å²) in [6, 6.07) is 1.60. The Bertz CT molecular complexity index is 439. The summed E-state index contributed by atoms with van der Waals surface area (Å²) in [6.45, 7) is 2.28. The number of nitrogens with one attached hydrogen (secondary N) is 1. The van der Waals surface area contributed by atoms with Crippen LogP contribution in [-0.4, -0.2) is 20.3 Å². The first-order chi connectivity index (χ1) is 7.97. The lowest BCUT2D eigenvalue weighted by atomic mass is 10.3. The van der Waals surface area contributed by atoms with E-state index in [2.05, 4.69) is 20.7 Å². The monoisotopic (exact) mass is 359 g/mol. The minimum Gasteiger partial charge on any atom is -0.210 e. The number of hydrogen-bond acceptors (Lipinski definition) is 3. The molecule has 98 valence electrons. The molecule has 7 heteroatoms. The third-order valence-electron chi connectivity index (χ3n) is 2.20. The first kappa shape index (κ1) is 15.4. The van der Waals surface area contributed by atoms with Crippen molar-refractivity contribution in [2.75, 3.05) is 11.9 Å². The number of thiophene rings is 1. The number of halogens is 2. The van der Waals surface area contributed by atoms with E-state index in [4.69, 9.17) is 11.6 Å². The van der Waals surface area contributed by atoms with Crippen molar-refractivity contribution < 1.29 is 8.42 Å². The molecule has 0 aromatic carbocycles. The van der Waals surface area contributed by atoms with Gasteiger partial charge < -0.3 is 0 Å². The second-order valence-electron chi connectivity index (χ2n) is 3.67. The van der Waals surface area contributed by atoms with Gasteiger partial charge in [-0.2, -0.15) is 0 Å². The van der Waals surface area contributed by atoms with Crippen LogP contribution in [-0.2, 0) is 10.0 Å². The Kier molecular flexibility index (Phi) is 6.44. The maximum absolute atomic E-state index is 11.9. The second kappa shape index (κ2) is 7.09. The number of hydrogen-bond donors (Lipinski definition) is 1. The smallest absolute Gasteiger partial charge is 0.210 e. The zero-order valence-electron chi connectivity index (χ0n) is 9.50. The van der Waals surface area contributed by atoms with Crippen LogP contribution in [0.2, 0.25) is 4.34 Å². The topological polar surface area (TPSA) is 46.2 Å². The van der Waals surface area contributed by atoms with Crippen molar-refractivity contribution in [3.63, 3.8) is 0 Å². The van der Waals surface area contributed by atoms with E-state index in [1.54, 1.807) is 13.0 Å². The molecular weight excluding hydrogens is 346 g/mol. The minimum absolute atomic E-state index is 0.292. The Morgan fingerprint density at radius 3 is 2.65 bits per heavy atom. The van der Waals surface area contributed by atoms with Gasteiger partial charge in [-0.3, -0.25) is 0 Å². The van der Waals surface area contributed by atoms with E-state index in [1.807, 2.05) is 0 Å². The van der Waals surface area contributed by atoms with Gasteiger partial charge in [0.1, 0.15) is 4.21 Å². The van der Waals surface area contributed by atoms with E-state index in [-0.39, 0.29) is 0 Å². The van der Waals surface area contributed by atoms with Crippen LogP contribution in [0.15, 0.2) is 10.3 Å². The van der Waals surface area contributed by atoms with Gasteiger partial charge in [0.15, 0.2) is 0 Å². The molecule has 0 unspecified atom stereocenters. The summed E-state index contributed by atoms with van der Waals surface area (Å²) >= 11 is 10.3. The van der Waals surface area contributed by atoms with Crippen molar-refractivity contribution >= 4 is 48.9 Å². The van der Waals surface area contributed by atoms with Crippen LogP contribution >= 0.6 is 38.9 Å². The average Bonchev–Trinajstić information content (AvgIpc) is 2.60. The summed E-state index contributed by atoms with van der Waals surface area (Å²) in [5, 5.41) is 0.958. The van der Waals surface area contributed by atoms with Crippen molar-refractivity contribution in [3.8, 4) is 0 Å². The van der Waals surface area contributed by atoms with Crippen LogP contribution in [0, 0.1) is 6.92 Å². The van der Waals surface area contributed by atoms with E-state index >= 15 is 0 Å². The highest BCUT2D eigenvalue weighted by atomic mass is 79.9. The first-order valence-corrected chi connectivity index (χ1v) is 9.09. The van der Waals surface area contributed by atoms with Gasteiger partial charge >= 0.3 is 0 Å². The Hall–Kier alpha value is 0.380. The van der Waals surface area contributed by atoms with E-state index < -0.39 is 10.0 Å². The van der Waals surface area contributed by atoms with E-state index in [0.29, 0.717) is 15.1 Å². The standard InChI is InChI=1S/C10H15BrClNO2S2/c1-8-7-9(16-10(8)12)17(14,15)13-6-4-2-3-5-11/h7,13H,2-6H2,1H3. The fourth-order valence-electron chi connectivity index (χ4n) is 1.24. The van der Waals surface area contributed by atoms with Crippen LogP contribution in [0.4, 0.5) is 0 Å². The first-order valence-electron chi connectivity index (χ1n) is 5.29. The lowest BCUT2D eigenvalue weighted by Crippen LogP contribution is -2.24. The summed E-state index contributed by atoms with van der Waals surface area (Å²) in [6.07, 6.45) is 2.92. The van der Waals surface area contributed by atoms with Crippen molar-refractivity contribution in [3.05, 3.63) is 16.0 Å². The molecule has 0 saturated carbocycles. The highest BCUT2D eigenvalue weighted by Gasteiger charge is 2.17. The maximum Gasteiger partial charge on any atom is 0.250 e. The van der Waals surface area contributed by atoms with Gasteiger partial charge in [-0.15, -0.1) is 11.3 Å². The Morgan fingerprint density at radius 2 is 2.12 bits per heavy atom. The lowest BCUT2D eigenvalue weighted by molar-refractivity contribution is 0.578. The highest BCUT2D eigenvalue weighted by molar-refractivity contribution is 9.09. The predicted molar refractivity (Wildman–Crippen MR) is 76.9 cm³/mol. The van der Waals surface area contributed by atoms with Crippen LogP contribution < -0.4 is 4.72 Å². The van der Waals surface area contributed by atoms with E-state index in [0.717, 1.165) is 41.5 Å². The Morgan fingerprint density at radius 1 is 1.41 bits per heavy atom. The molecule has 3 nitrogen and oxygen atoms in total. The summed E-state index contributed by atoms with van der Waals surface area (Å²) in [5.74, 6) is 0. The van der Waals surface area contributed by atoms with E-state index in [9.17, 15) is 8.42 Å². The number of rotatable bonds is 7. The third kappa shape index (κ3) is 4.87. The molecule has 0 aliphatic rings. The number of unbranched alkanes of at least 4 members (excludes halogenated alkanes) is 2. The number of aryl methyl sites for hydroxylation is 1. The molecule has 0 amide bonds. The molecule has 0 aliphatic carbocycles. The van der Waals surface area contributed by atoms with E-state index in [1.165, 1.54) is 0 Å². The molecule has 17 heavy (non-hydrogen) atoms. The largest absolute Gasteiger partial charge is 0.250 e. The molecule has 1 N–H and O–H groups in total. The lowest BCUT2D eigenvalue weighted by Gasteiger charge is -2.03. The van der Waals surface area contributed by atoms with Crippen LogP contribution in [0.3, 0.4) is 0 Å². The molecular formula is C10H15BrClNO2S2. The third-order valence-corrected chi connectivity index (χ3v) is 6.25. The molecule has 0 spiro atoms. The summed E-state index contributed by atoms with van der Waals surface area (Å²) in [5.41, 5.74) is 0.802. The fraction of sp³-hybridized carbons (Fsp3) is 0.600. The fourth-order valence-corrected chi connectivity index (χ4v) is 4.46. The minimum atomic E-state index is -3.38. The Balaban J connectivity index is 2.51. The van der Waals surface area contributed by atoms with Crippen molar-refractivity contribution in [2.24, 2.45) is 0 Å². The number of sulfonamides is 1. The molecule has 1 heterocycles. The summed E-state index contributed by atoms with van der Waals surface area (Å²) < 4.78 is 27.1. The van der Waals surface area contributed by atoms with Crippen LogP contribution in [0.5, 0.6) is 0 Å². The van der Waals surface area contributed by atoms with Crippen molar-refractivity contribution in [2.45, 2.75) is 30.4 Å². The molecule has 1 aromatic rings. The van der Waals surface area contributed by atoms with Gasteiger partial charge in [-0.1, -0.05) is 34.0 Å². The molecule has 1 rings (SSSR count). The zero-order chi connectivity index (χ0) is 12.9. The normalized spacial score (nSPS) is 11.9. The number of alkyl halides is 1. The molecule has 0 saturated heterocycles. The van der Waals surface area contributed by atoms with Crippen molar-refractivity contribution in [1.29, 1.82) is 0 Å².